The van der Waals surface area contributed by atoms with E-state index in [4.69, 9.17) is 0 Å². The number of anilines is 6. The van der Waals surface area contributed by atoms with Crippen LogP contribution in [0.25, 0.3) is 75.2 Å². The van der Waals surface area contributed by atoms with E-state index in [0.29, 0.717) is 0 Å². The molecular weight excluding hydrogens is 1310 g/mol. The zero-order valence-electron chi connectivity index (χ0n) is 64.5. The van der Waals surface area contributed by atoms with Crippen LogP contribution in [0.2, 0.25) is 0 Å². The fraction of sp³-hybridized carbons (Fsp3) is 0.228. The minimum atomic E-state index is -0.0159. The van der Waals surface area contributed by atoms with Crippen LogP contribution in [-0.2, 0) is 28.1 Å². The van der Waals surface area contributed by atoms with Gasteiger partial charge in [0.15, 0.2) is 0 Å². The molecule has 0 aliphatic carbocycles. The maximum Gasteiger partial charge on any atom is 0.252 e. The van der Waals surface area contributed by atoms with E-state index in [-0.39, 0.29) is 34.3 Å². The van der Waals surface area contributed by atoms with Crippen molar-refractivity contribution >= 4 is 132 Å². The Kier molecular flexibility index (Phi) is 17.5. The van der Waals surface area contributed by atoms with Crippen molar-refractivity contribution in [3.63, 3.8) is 0 Å². The Morgan fingerprint density at radius 3 is 1.16 bits per heavy atom. The number of aromatic nitrogens is 2. The zero-order chi connectivity index (χ0) is 73.8. The molecule has 0 atom stereocenters. The van der Waals surface area contributed by atoms with Gasteiger partial charge in [0.05, 0.1) is 22.1 Å². The van der Waals surface area contributed by atoms with Gasteiger partial charge in [-0.15, -0.1) is 11.3 Å². The standard InChI is InChI=1S/C65H75BN2.C36H22N2S/c1-14-15-16-17-19-44-22-36-52(37-23-44)68-58-21-18-20-57-61(58)66(55-43-51(65(11,12)13)35-41-56(55)67(57)53-38-33-50(34-39-53)64(8,9)10)54-40-28-47(42-59(54)68)60(45-24-29-48(30-25-45)62(2,3)4)46-26-31-49(32-27-46)63(5,6)7;1-5-13-31-25(9-1)26-10-2-6-14-32(26)37(31)23-17-19-35-29(21-23)30-22-24(18-20-36(30)39-35)38-33-15-7-3-11-27(33)28-12-4-8-16-34(28)38/h18,20-43,60H,14-17,19H2,1-13H3;1-22H. The first-order chi connectivity index (χ1) is 51.6. The lowest BCUT2D eigenvalue weighted by molar-refractivity contribution is 0.589. The molecule has 4 nitrogen and oxygen atoms in total. The van der Waals surface area contributed by atoms with E-state index in [9.17, 15) is 0 Å². The summed E-state index contributed by atoms with van der Waals surface area (Å²) in [5, 5.41) is 7.76. The second-order valence-corrected chi connectivity index (χ2v) is 35.4. The van der Waals surface area contributed by atoms with Crippen molar-refractivity contribution in [2.24, 2.45) is 0 Å². The number of fused-ring (bicyclic) bond motifs is 13. The van der Waals surface area contributed by atoms with Crippen LogP contribution >= 0.6 is 11.3 Å². The molecule has 18 rings (SSSR count). The van der Waals surface area contributed by atoms with Gasteiger partial charge in [-0.25, -0.2) is 0 Å². The Balaban J connectivity index is 0.000000180. The zero-order valence-corrected chi connectivity index (χ0v) is 65.3. The third-order valence-corrected chi connectivity index (χ3v) is 24.2. The fourth-order valence-electron chi connectivity index (χ4n) is 17.2. The predicted octanol–water partition coefficient (Wildman–Crippen LogP) is 26.5. The van der Waals surface area contributed by atoms with E-state index in [1.54, 1.807) is 0 Å². The Bertz CT molecular complexity index is 5710. The Morgan fingerprint density at radius 2 is 0.710 bits per heavy atom. The van der Waals surface area contributed by atoms with Crippen LogP contribution in [0.4, 0.5) is 34.1 Å². The van der Waals surface area contributed by atoms with Crippen LogP contribution in [0.15, 0.2) is 285 Å². The summed E-state index contributed by atoms with van der Waals surface area (Å²) < 4.78 is 7.44. The first-order valence-electron chi connectivity index (χ1n) is 38.9. The van der Waals surface area contributed by atoms with Gasteiger partial charge >= 0.3 is 0 Å². The lowest BCUT2D eigenvalue weighted by atomic mass is 9.33. The molecule has 530 valence electrons. The third kappa shape index (κ3) is 12.5. The summed E-state index contributed by atoms with van der Waals surface area (Å²) in [4.78, 5) is 5.13. The van der Waals surface area contributed by atoms with Gasteiger partial charge in [0.25, 0.3) is 6.71 Å². The van der Waals surface area contributed by atoms with Crippen molar-refractivity contribution in [3.8, 4) is 11.4 Å². The van der Waals surface area contributed by atoms with Crippen LogP contribution in [0.1, 0.15) is 166 Å². The highest BCUT2D eigenvalue weighted by Crippen LogP contribution is 2.48. The Hall–Kier alpha value is -10.7. The van der Waals surface area contributed by atoms with Crippen LogP contribution < -0.4 is 26.2 Å². The first kappa shape index (κ1) is 69.4. The number of unbranched alkanes of at least 4 members (excludes halogenated alkanes) is 3. The number of hydrogen-bond acceptors (Lipinski definition) is 3. The molecule has 5 heterocycles. The molecule has 2 aliphatic heterocycles. The highest BCUT2D eigenvalue weighted by molar-refractivity contribution is 7.25. The highest BCUT2D eigenvalue weighted by Gasteiger charge is 2.44. The SMILES string of the molecule is CCCCCCc1ccc(N2c3cc(C(c4ccc(C(C)(C)C)cc4)c4ccc(C(C)(C)C)cc4)ccc3B3c4cc(C(C)(C)C)ccc4N(c4ccc(C(C)(C)C)cc4)c4cccc2c43)cc1.c1ccc2c(c1)c1ccccc1n2-c1ccc2sc3ccc(-n4c5ccccc5c5ccccc54)cc3c2c1. The monoisotopic (exact) mass is 1410 g/mol. The van der Waals surface area contributed by atoms with E-state index in [2.05, 4.69) is 394 Å². The van der Waals surface area contributed by atoms with Gasteiger partial charge in [-0.1, -0.05) is 285 Å². The van der Waals surface area contributed by atoms with Gasteiger partial charge in [-0.05, 0) is 205 Å². The minimum Gasteiger partial charge on any atom is -0.311 e. The second kappa shape index (κ2) is 27.0. The minimum absolute atomic E-state index is 0.0159. The van der Waals surface area contributed by atoms with Crippen LogP contribution in [0.5, 0.6) is 0 Å². The van der Waals surface area contributed by atoms with Crippen LogP contribution in [0.3, 0.4) is 0 Å². The average Bonchev–Trinajstić information content (AvgIpc) is 1.50. The molecule has 0 N–H and O–H groups in total. The first-order valence-corrected chi connectivity index (χ1v) is 39.7. The predicted molar refractivity (Wildman–Crippen MR) is 465 cm³/mol. The summed E-state index contributed by atoms with van der Waals surface area (Å²) in [6.07, 6.45) is 6.18. The maximum atomic E-state index is 2.59. The smallest absolute Gasteiger partial charge is 0.252 e. The van der Waals surface area contributed by atoms with Crippen molar-refractivity contribution < 1.29 is 0 Å². The van der Waals surface area contributed by atoms with Crippen molar-refractivity contribution in [3.05, 3.63) is 330 Å². The van der Waals surface area contributed by atoms with E-state index < -0.39 is 0 Å². The van der Waals surface area contributed by atoms with Gasteiger partial charge < -0.3 is 18.9 Å². The summed E-state index contributed by atoms with van der Waals surface area (Å²) in [6, 6.07) is 108. The summed E-state index contributed by atoms with van der Waals surface area (Å²) >= 11 is 1.87. The van der Waals surface area contributed by atoms with E-state index >= 15 is 0 Å². The molecule has 0 fully saturated rings. The van der Waals surface area contributed by atoms with E-state index in [1.165, 1.54) is 196 Å². The second-order valence-electron chi connectivity index (χ2n) is 34.3. The molecule has 0 unspecified atom stereocenters. The molecule has 107 heavy (non-hydrogen) atoms. The maximum absolute atomic E-state index is 2.59. The van der Waals surface area contributed by atoms with Crippen molar-refractivity contribution in [2.75, 3.05) is 9.80 Å². The van der Waals surface area contributed by atoms with E-state index in [1.807, 2.05) is 11.3 Å². The number of para-hydroxylation sites is 4. The van der Waals surface area contributed by atoms with Crippen molar-refractivity contribution in [2.45, 2.75) is 150 Å². The lowest BCUT2D eigenvalue weighted by Crippen LogP contribution is -2.61. The van der Waals surface area contributed by atoms with Crippen molar-refractivity contribution in [1.82, 2.24) is 9.13 Å². The molecule has 0 saturated carbocycles. The van der Waals surface area contributed by atoms with Crippen molar-refractivity contribution in [1.29, 1.82) is 0 Å². The summed E-state index contributed by atoms with van der Waals surface area (Å²) in [5.41, 5.74) is 29.7. The van der Waals surface area contributed by atoms with Gasteiger partial charge in [0, 0.05) is 93.1 Å². The van der Waals surface area contributed by atoms with Gasteiger partial charge in [0.1, 0.15) is 0 Å². The molecular formula is C101H97BN4S. The summed E-state index contributed by atoms with van der Waals surface area (Å²) in [6.45, 7) is 30.1. The number of rotatable bonds is 12. The Morgan fingerprint density at radius 1 is 0.308 bits per heavy atom. The molecule has 2 aliphatic rings. The number of aryl methyl sites for hydroxylation is 1. The van der Waals surface area contributed by atoms with Gasteiger partial charge in [-0.3, -0.25) is 0 Å². The van der Waals surface area contributed by atoms with Crippen LogP contribution in [-0.4, -0.2) is 15.8 Å². The molecule has 0 radical (unpaired) electrons. The largest absolute Gasteiger partial charge is 0.311 e. The molecule has 0 spiro atoms. The summed E-state index contributed by atoms with van der Waals surface area (Å²) in [5.74, 6) is 0.0427. The third-order valence-electron chi connectivity index (χ3n) is 23.1. The number of hydrogen-bond donors (Lipinski definition) is 0. The normalized spacial score (nSPS) is 13.1. The molecule has 0 amide bonds. The fourth-order valence-corrected chi connectivity index (χ4v) is 18.3. The van der Waals surface area contributed by atoms with Gasteiger partial charge in [0.2, 0.25) is 0 Å². The number of nitrogens with zero attached hydrogens (tertiary/aromatic N) is 4. The topological polar surface area (TPSA) is 16.3 Å². The van der Waals surface area contributed by atoms with E-state index in [0.717, 1.165) is 6.42 Å². The molecule has 0 bridgehead atoms. The molecule has 0 saturated heterocycles. The lowest BCUT2D eigenvalue weighted by Gasteiger charge is -2.44. The summed E-state index contributed by atoms with van der Waals surface area (Å²) in [7, 11) is 0. The number of benzene rings is 13. The molecule has 6 heteroatoms. The molecule has 3 aromatic heterocycles. The average molecular weight is 1410 g/mol. The van der Waals surface area contributed by atoms with Gasteiger partial charge in [-0.2, -0.15) is 0 Å². The number of thiophene rings is 1. The quantitative estimate of drug-likeness (QED) is 0.0689. The Labute approximate surface area is 637 Å². The molecule has 13 aromatic carbocycles. The van der Waals surface area contributed by atoms with Crippen LogP contribution in [0, 0.1) is 0 Å². The highest BCUT2D eigenvalue weighted by atomic mass is 32.1. The molecule has 16 aromatic rings.